The molecule has 2 rings (SSSR count). The molecule has 76 valence electrons. The maximum Gasteiger partial charge on any atom is 0.131 e. The van der Waals surface area contributed by atoms with E-state index in [1.165, 1.54) is 0 Å². The Morgan fingerprint density at radius 3 is 2.71 bits per heavy atom. The average Bonchev–Trinajstić information content (AvgIpc) is 2.13. The summed E-state index contributed by atoms with van der Waals surface area (Å²) in [5.41, 5.74) is 6.88. The van der Waals surface area contributed by atoms with Crippen LogP contribution in [0.4, 0.5) is 0 Å². The van der Waals surface area contributed by atoms with Gasteiger partial charge in [0.2, 0.25) is 0 Å². The second-order valence-electron chi connectivity index (χ2n) is 4.42. The van der Waals surface area contributed by atoms with Gasteiger partial charge in [0.05, 0.1) is 0 Å². The molecule has 1 aromatic rings. The fourth-order valence-electron chi connectivity index (χ4n) is 1.78. The van der Waals surface area contributed by atoms with Crippen molar-refractivity contribution in [2.45, 2.75) is 44.6 Å². The molecule has 0 atom stereocenters. The topological polar surface area (TPSA) is 51.8 Å². The Morgan fingerprint density at radius 2 is 2.14 bits per heavy atom. The van der Waals surface area contributed by atoms with E-state index >= 15 is 0 Å². The van der Waals surface area contributed by atoms with Crippen LogP contribution in [-0.2, 0) is 0 Å². The van der Waals surface area contributed by atoms with E-state index in [1.54, 1.807) is 0 Å². The van der Waals surface area contributed by atoms with Crippen molar-refractivity contribution in [1.82, 2.24) is 9.97 Å². The highest BCUT2D eigenvalue weighted by atomic mass is 14.9. The van der Waals surface area contributed by atoms with E-state index in [4.69, 9.17) is 5.73 Å². The normalized spacial score (nSPS) is 26.3. The molecule has 1 heterocycles. The Labute approximate surface area is 84.8 Å². The molecule has 1 aliphatic carbocycles. The highest BCUT2D eigenvalue weighted by Crippen LogP contribution is 2.33. The highest BCUT2D eigenvalue weighted by molar-refractivity contribution is 5.12. The van der Waals surface area contributed by atoms with Gasteiger partial charge in [-0.05, 0) is 24.8 Å². The Morgan fingerprint density at radius 1 is 1.43 bits per heavy atom. The van der Waals surface area contributed by atoms with Gasteiger partial charge in [-0.3, -0.25) is 0 Å². The molecule has 0 radical (unpaired) electrons. The lowest BCUT2D eigenvalue weighted by molar-refractivity contribution is 0.337. The molecule has 0 saturated heterocycles. The molecule has 0 unspecified atom stereocenters. The van der Waals surface area contributed by atoms with Gasteiger partial charge in [-0.25, -0.2) is 9.97 Å². The van der Waals surface area contributed by atoms with Crippen LogP contribution < -0.4 is 5.73 Å². The van der Waals surface area contributed by atoms with E-state index in [0.717, 1.165) is 24.4 Å². The summed E-state index contributed by atoms with van der Waals surface area (Å²) in [5.74, 6) is 1.96. The van der Waals surface area contributed by atoms with Gasteiger partial charge < -0.3 is 5.73 Å². The molecule has 1 saturated carbocycles. The van der Waals surface area contributed by atoms with E-state index in [-0.39, 0.29) is 0 Å². The third kappa shape index (κ3) is 1.77. The van der Waals surface area contributed by atoms with Crippen molar-refractivity contribution in [1.29, 1.82) is 0 Å². The zero-order valence-electron chi connectivity index (χ0n) is 8.77. The van der Waals surface area contributed by atoms with E-state index in [0.29, 0.717) is 17.9 Å². The summed E-state index contributed by atoms with van der Waals surface area (Å²) in [4.78, 5) is 8.87. The lowest BCUT2D eigenvalue weighted by Crippen LogP contribution is -2.35. The molecule has 14 heavy (non-hydrogen) atoms. The molecule has 0 aromatic carbocycles. The van der Waals surface area contributed by atoms with Crippen molar-refractivity contribution in [3.63, 3.8) is 0 Å². The van der Waals surface area contributed by atoms with E-state index in [1.807, 2.05) is 12.3 Å². The fourth-order valence-corrected chi connectivity index (χ4v) is 1.78. The lowest BCUT2D eigenvalue weighted by atomic mass is 9.80. The molecule has 0 amide bonds. The van der Waals surface area contributed by atoms with Crippen LogP contribution in [0.3, 0.4) is 0 Å². The molecule has 0 bridgehead atoms. The Bertz CT molecular complexity index is 316. The summed E-state index contributed by atoms with van der Waals surface area (Å²) >= 11 is 0. The first-order chi connectivity index (χ1) is 6.66. The number of hydrogen-bond acceptors (Lipinski definition) is 3. The van der Waals surface area contributed by atoms with Crippen LogP contribution in [0.25, 0.3) is 0 Å². The maximum atomic E-state index is 5.75. The van der Waals surface area contributed by atoms with Crippen LogP contribution in [0.1, 0.15) is 50.0 Å². The summed E-state index contributed by atoms with van der Waals surface area (Å²) in [5, 5.41) is 0. The molecular formula is C11H17N3. The highest BCUT2D eigenvalue weighted by Gasteiger charge is 2.29. The summed E-state index contributed by atoms with van der Waals surface area (Å²) in [7, 11) is 0. The lowest BCUT2D eigenvalue weighted by Gasteiger charge is -2.31. The minimum absolute atomic E-state index is 0.367. The molecule has 3 nitrogen and oxygen atoms in total. The summed E-state index contributed by atoms with van der Waals surface area (Å²) in [6.07, 6.45) is 3.95. The standard InChI is InChI=1S/C11H17N3/c1-7(2)10-3-4-13-11(14-10)8-5-9(12)6-8/h3-4,7-9H,5-6,12H2,1-2H3. The monoisotopic (exact) mass is 191 g/mol. The van der Waals surface area contributed by atoms with Crippen molar-refractivity contribution >= 4 is 0 Å². The van der Waals surface area contributed by atoms with Gasteiger partial charge in [0.15, 0.2) is 0 Å². The molecule has 0 aliphatic heterocycles. The van der Waals surface area contributed by atoms with E-state index < -0.39 is 0 Å². The molecule has 3 heteroatoms. The third-order valence-electron chi connectivity index (χ3n) is 2.83. The maximum absolute atomic E-state index is 5.75. The van der Waals surface area contributed by atoms with E-state index in [2.05, 4.69) is 23.8 Å². The summed E-state index contributed by atoms with van der Waals surface area (Å²) < 4.78 is 0. The predicted octanol–water partition coefficient (Wildman–Crippen LogP) is 1.80. The zero-order chi connectivity index (χ0) is 10.1. The number of nitrogens with two attached hydrogens (primary N) is 1. The van der Waals surface area contributed by atoms with Gasteiger partial charge in [0.1, 0.15) is 5.82 Å². The van der Waals surface area contributed by atoms with Gasteiger partial charge in [-0.1, -0.05) is 13.8 Å². The zero-order valence-corrected chi connectivity index (χ0v) is 8.77. The Hall–Kier alpha value is -0.960. The van der Waals surface area contributed by atoms with Crippen LogP contribution in [0, 0.1) is 0 Å². The second kappa shape index (κ2) is 3.65. The third-order valence-corrected chi connectivity index (χ3v) is 2.83. The second-order valence-corrected chi connectivity index (χ2v) is 4.42. The van der Waals surface area contributed by atoms with Crippen LogP contribution >= 0.6 is 0 Å². The van der Waals surface area contributed by atoms with Gasteiger partial charge in [0.25, 0.3) is 0 Å². The Balaban J connectivity index is 2.14. The predicted molar refractivity (Wildman–Crippen MR) is 56.1 cm³/mol. The Kier molecular flexibility index (Phi) is 2.50. The van der Waals surface area contributed by atoms with Gasteiger partial charge in [-0.2, -0.15) is 0 Å². The summed E-state index contributed by atoms with van der Waals surface area (Å²) in [6, 6.07) is 2.36. The van der Waals surface area contributed by atoms with Crippen LogP contribution in [-0.4, -0.2) is 16.0 Å². The van der Waals surface area contributed by atoms with Crippen LogP contribution in [0.15, 0.2) is 12.3 Å². The van der Waals surface area contributed by atoms with Gasteiger partial charge in [0, 0.05) is 23.9 Å². The largest absolute Gasteiger partial charge is 0.328 e. The SMILES string of the molecule is CC(C)c1ccnc(C2CC(N)C2)n1. The average molecular weight is 191 g/mol. The number of rotatable bonds is 2. The molecule has 1 aromatic heterocycles. The van der Waals surface area contributed by atoms with Gasteiger partial charge >= 0.3 is 0 Å². The summed E-state index contributed by atoms with van der Waals surface area (Å²) in [6.45, 7) is 4.30. The molecule has 1 aliphatic rings. The van der Waals surface area contributed by atoms with Crippen LogP contribution in [0.2, 0.25) is 0 Å². The number of aromatic nitrogens is 2. The molecular weight excluding hydrogens is 174 g/mol. The molecule has 2 N–H and O–H groups in total. The quantitative estimate of drug-likeness (QED) is 0.775. The minimum atomic E-state index is 0.367. The molecule has 1 fully saturated rings. The smallest absolute Gasteiger partial charge is 0.131 e. The van der Waals surface area contributed by atoms with Crippen molar-refractivity contribution in [3.05, 3.63) is 23.8 Å². The molecule has 0 spiro atoms. The minimum Gasteiger partial charge on any atom is -0.328 e. The number of nitrogens with zero attached hydrogens (tertiary/aromatic N) is 2. The van der Waals surface area contributed by atoms with Crippen molar-refractivity contribution in [2.24, 2.45) is 5.73 Å². The van der Waals surface area contributed by atoms with Crippen LogP contribution in [0.5, 0.6) is 0 Å². The van der Waals surface area contributed by atoms with Crippen molar-refractivity contribution in [3.8, 4) is 0 Å². The fraction of sp³-hybridized carbons (Fsp3) is 0.636. The van der Waals surface area contributed by atoms with Crippen molar-refractivity contribution in [2.75, 3.05) is 0 Å². The first-order valence-electron chi connectivity index (χ1n) is 5.25. The first-order valence-corrected chi connectivity index (χ1v) is 5.25. The van der Waals surface area contributed by atoms with E-state index in [9.17, 15) is 0 Å². The number of hydrogen-bond donors (Lipinski definition) is 1. The van der Waals surface area contributed by atoms with Gasteiger partial charge in [-0.15, -0.1) is 0 Å². The van der Waals surface area contributed by atoms with Crippen molar-refractivity contribution < 1.29 is 0 Å². The first kappa shape index (κ1) is 9.59.